The number of alkyl halides is 3. The van der Waals surface area contributed by atoms with E-state index in [0.29, 0.717) is 30.5 Å². The first-order valence-electron chi connectivity index (χ1n) is 7.65. The lowest BCUT2D eigenvalue weighted by Crippen LogP contribution is -2.12. The summed E-state index contributed by atoms with van der Waals surface area (Å²) in [6.45, 7) is 1.86. The number of aryl methyl sites for hydroxylation is 2. The van der Waals surface area contributed by atoms with E-state index in [1.165, 1.54) is 12.1 Å². The molecule has 0 aliphatic heterocycles. The molecule has 0 amide bonds. The van der Waals surface area contributed by atoms with Gasteiger partial charge in [-0.25, -0.2) is 17.6 Å². The van der Waals surface area contributed by atoms with Crippen molar-refractivity contribution in [1.29, 1.82) is 0 Å². The van der Waals surface area contributed by atoms with Crippen molar-refractivity contribution in [3.05, 3.63) is 69.8 Å². The molecule has 2 rings (SSSR count). The zero-order valence-electron chi connectivity index (χ0n) is 13.3. The summed E-state index contributed by atoms with van der Waals surface area (Å²) >= 11 is 0. The third-order valence-electron chi connectivity index (χ3n) is 3.79. The highest BCUT2D eigenvalue weighted by Gasteiger charge is 2.37. The summed E-state index contributed by atoms with van der Waals surface area (Å²) in [4.78, 5) is 0. The Bertz CT molecular complexity index is 716. The predicted molar refractivity (Wildman–Crippen MR) is 79.1 cm³/mol. The summed E-state index contributed by atoms with van der Waals surface area (Å²) in [6, 6.07) is 3.45. The minimum atomic E-state index is -5.15. The first-order valence-corrected chi connectivity index (χ1v) is 7.65. The first kappa shape index (κ1) is 19.3. The Labute approximate surface area is 140 Å². The fourth-order valence-corrected chi connectivity index (χ4v) is 2.64. The van der Waals surface area contributed by atoms with E-state index in [1.807, 2.05) is 6.92 Å². The van der Waals surface area contributed by atoms with Gasteiger partial charge in [-0.3, -0.25) is 0 Å². The van der Waals surface area contributed by atoms with Crippen LogP contribution in [0, 0.1) is 23.3 Å². The van der Waals surface area contributed by atoms with Crippen molar-refractivity contribution >= 4 is 0 Å². The van der Waals surface area contributed by atoms with Gasteiger partial charge in [-0.2, -0.15) is 13.2 Å². The monoisotopic (exact) mass is 364 g/mol. The van der Waals surface area contributed by atoms with Crippen LogP contribution in [0.2, 0.25) is 0 Å². The summed E-state index contributed by atoms with van der Waals surface area (Å²) in [6.07, 6.45) is -4.37. The highest BCUT2D eigenvalue weighted by molar-refractivity contribution is 5.31. The van der Waals surface area contributed by atoms with Crippen LogP contribution in [0.1, 0.15) is 35.6 Å². The Morgan fingerprint density at radius 2 is 1.12 bits per heavy atom. The van der Waals surface area contributed by atoms with Crippen molar-refractivity contribution in [2.24, 2.45) is 0 Å². The maximum Gasteiger partial charge on any atom is 0.422 e. The molecule has 2 aromatic rings. The van der Waals surface area contributed by atoms with E-state index in [9.17, 15) is 30.7 Å². The van der Waals surface area contributed by atoms with E-state index >= 15 is 0 Å². The second-order valence-corrected chi connectivity index (χ2v) is 5.72. The Morgan fingerprint density at radius 1 is 0.680 bits per heavy atom. The Hall–Kier alpha value is -2.05. The van der Waals surface area contributed by atoms with Crippen LogP contribution in [0.3, 0.4) is 0 Å². The highest BCUT2D eigenvalue weighted by atomic mass is 19.4. The van der Waals surface area contributed by atoms with Gasteiger partial charge >= 0.3 is 6.18 Å². The molecule has 2 aromatic carbocycles. The SMILES string of the molecule is CCCc1cc(F)c(CCc2cc(F)c(C(F)(F)F)c(F)c2)c(F)c1. The van der Waals surface area contributed by atoms with Crippen molar-refractivity contribution in [3.63, 3.8) is 0 Å². The maximum absolute atomic E-state index is 14.0. The molecule has 0 unspecified atom stereocenters. The van der Waals surface area contributed by atoms with Gasteiger partial charge in [0.2, 0.25) is 0 Å². The fourth-order valence-electron chi connectivity index (χ4n) is 2.64. The number of halogens is 7. The number of hydrogen-bond donors (Lipinski definition) is 0. The zero-order valence-corrected chi connectivity index (χ0v) is 13.3. The van der Waals surface area contributed by atoms with E-state index in [1.54, 1.807) is 0 Å². The highest BCUT2D eigenvalue weighted by Crippen LogP contribution is 2.34. The quantitative estimate of drug-likeness (QED) is 0.571. The molecule has 0 atom stereocenters. The average molecular weight is 364 g/mol. The van der Waals surface area contributed by atoms with E-state index in [0.717, 1.165) is 0 Å². The molecule has 0 aliphatic rings. The Morgan fingerprint density at radius 3 is 1.56 bits per heavy atom. The van der Waals surface area contributed by atoms with Crippen LogP contribution in [0.4, 0.5) is 30.7 Å². The van der Waals surface area contributed by atoms with Gasteiger partial charge in [0, 0.05) is 5.56 Å². The summed E-state index contributed by atoms with van der Waals surface area (Å²) in [5.74, 6) is -5.06. The third kappa shape index (κ3) is 4.52. The maximum atomic E-state index is 14.0. The minimum Gasteiger partial charge on any atom is -0.207 e. The normalized spacial score (nSPS) is 11.8. The van der Waals surface area contributed by atoms with Crippen LogP contribution < -0.4 is 0 Å². The molecular weight excluding hydrogens is 349 g/mol. The zero-order chi connectivity index (χ0) is 18.8. The van der Waals surface area contributed by atoms with Crippen molar-refractivity contribution in [2.75, 3.05) is 0 Å². The van der Waals surface area contributed by atoms with Crippen molar-refractivity contribution in [3.8, 4) is 0 Å². The van der Waals surface area contributed by atoms with E-state index in [-0.39, 0.29) is 24.0 Å². The molecular formula is C18H15F7. The number of benzene rings is 2. The van der Waals surface area contributed by atoms with E-state index in [2.05, 4.69) is 0 Å². The predicted octanol–water partition coefficient (Wildman–Crippen LogP) is 6.00. The van der Waals surface area contributed by atoms with Gasteiger partial charge in [0.15, 0.2) is 0 Å². The molecule has 0 heterocycles. The molecule has 0 nitrogen and oxygen atoms in total. The van der Waals surface area contributed by atoms with Gasteiger partial charge in [-0.1, -0.05) is 13.3 Å². The van der Waals surface area contributed by atoms with Crippen LogP contribution in [0.15, 0.2) is 24.3 Å². The molecule has 0 aliphatic carbocycles. The lowest BCUT2D eigenvalue weighted by molar-refractivity contribution is -0.142. The van der Waals surface area contributed by atoms with Crippen molar-refractivity contribution < 1.29 is 30.7 Å². The van der Waals surface area contributed by atoms with Crippen LogP contribution in [0.5, 0.6) is 0 Å². The number of hydrogen-bond acceptors (Lipinski definition) is 0. The molecule has 0 saturated heterocycles. The van der Waals surface area contributed by atoms with Crippen molar-refractivity contribution in [1.82, 2.24) is 0 Å². The summed E-state index contributed by atoms with van der Waals surface area (Å²) in [5.41, 5.74) is -1.86. The molecule has 136 valence electrons. The Kier molecular flexibility index (Phi) is 5.75. The van der Waals surface area contributed by atoms with Gasteiger partial charge in [0.1, 0.15) is 28.8 Å². The van der Waals surface area contributed by atoms with Gasteiger partial charge in [0.05, 0.1) is 0 Å². The van der Waals surface area contributed by atoms with Gasteiger partial charge in [0.25, 0.3) is 0 Å². The van der Waals surface area contributed by atoms with Gasteiger partial charge < -0.3 is 0 Å². The van der Waals surface area contributed by atoms with Crippen LogP contribution in [0.25, 0.3) is 0 Å². The van der Waals surface area contributed by atoms with E-state index in [4.69, 9.17) is 0 Å². The first-order chi connectivity index (χ1) is 11.6. The number of rotatable bonds is 5. The lowest BCUT2D eigenvalue weighted by Gasteiger charge is -2.12. The fraction of sp³-hybridized carbons (Fsp3) is 0.333. The molecule has 0 bridgehead atoms. The third-order valence-corrected chi connectivity index (χ3v) is 3.79. The van der Waals surface area contributed by atoms with Crippen molar-refractivity contribution in [2.45, 2.75) is 38.8 Å². The molecule has 0 aromatic heterocycles. The average Bonchev–Trinajstić information content (AvgIpc) is 2.44. The molecule has 0 N–H and O–H groups in total. The summed E-state index contributed by atoms with van der Waals surface area (Å²) in [5, 5.41) is 0. The Balaban J connectivity index is 2.22. The lowest BCUT2D eigenvalue weighted by atomic mass is 9.99. The summed E-state index contributed by atoms with van der Waals surface area (Å²) < 4.78 is 92.6. The molecule has 0 spiro atoms. The molecule has 25 heavy (non-hydrogen) atoms. The van der Waals surface area contributed by atoms with Gasteiger partial charge in [-0.15, -0.1) is 0 Å². The molecule has 0 saturated carbocycles. The smallest absolute Gasteiger partial charge is 0.207 e. The second kappa shape index (κ2) is 7.45. The van der Waals surface area contributed by atoms with Gasteiger partial charge in [-0.05, 0) is 54.7 Å². The molecule has 7 heteroatoms. The molecule has 0 fully saturated rings. The van der Waals surface area contributed by atoms with Crippen LogP contribution >= 0.6 is 0 Å². The summed E-state index contributed by atoms with van der Waals surface area (Å²) in [7, 11) is 0. The van der Waals surface area contributed by atoms with Crippen LogP contribution in [-0.4, -0.2) is 0 Å². The topological polar surface area (TPSA) is 0 Å². The van der Waals surface area contributed by atoms with E-state index < -0.39 is 35.0 Å². The minimum absolute atomic E-state index is 0.112. The second-order valence-electron chi connectivity index (χ2n) is 5.72. The van der Waals surface area contributed by atoms with Crippen LogP contribution in [-0.2, 0) is 25.4 Å². The molecule has 0 radical (unpaired) electrons. The largest absolute Gasteiger partial charge is 0.422 e. The standard InChI is InChI=1S/C18H15F7/c1-2-3-10-6-13(19)12(14(20)7-10)5-4-11-8-15(21)17(16(22)9-11)18(23,24)25/h6-9H,2-5H2,1H3.